The summed E-state index contributed by atoms with van der Waals surface area (Å²) in [6, 6.07) is 3.95. The molecule has 0 radical (unpaired) electrons. The Kier molecular flexibility index (Phi) is 4.58. The van der Waals surface area contributed by atoms with E-state index in [9.17, 15) is 4.79 Å². The molecule has 134 valence electrons. The molecular formula is C17H23N5O2S. The van der Waals surface area contributed by atoms with Crippen LogP contribution in [0.15, 0.2) is 22.0 Å². The van der Waals surface area contributed by atoms with Crippen molar-refractivity contribution in [2.24, 2.45) is 5.73 Å². The van der Waals surface area contributed by atoms with Crippen LogP contribution in [0.1, 0.15) is 31.6 Å². The van der Waals surface area contributed by atoms with Crippen molar-refractivity contribution in [2.45, 2.75) is 37.8 Å². The van der Waals surface area contributed by atoms with Gasteiger partial charge >= 0.3 is 0 Å². The fraction of sp³-hybridized carbons (Fsp3) is 0.588. The van der Waals surface area contributed by atoms with Crippen LogP contribution in [0.2, 0.25) is 0 Å². The van der Waals surface area contributed by atoms with Crippen molar-refractivity contribution in [3.8, 4) is 10.7 Å². The Labute approximate surface area is 150 Å². The van der Waals surface area contributed by atoms with Gasteiger partial charge in [0.25, 0.3) is 0 Å². The summed E-state index contributed by atoms with van der Waals surface area (Å²) < 4.78 is 5.37. The summed E-state index contributed by atoms with van der Waals surface area (Å²) in [6.45, 7) is 3.65. The predicted molar refractivity (Wildman–Crippen MR) is 94.9 cm³/mol. The van der Waals surface area contributed by atoms with Gasteiger partial charge in [-0.05, 0) is 24.3 Å². The minimum absolute atomic E-state index is 0.127. The van der Waals surface area contributed by atoms with Crippen LogP contribution in [0.3, 0.4) is 0 Å². The highest BCUT2D eigenvalue weighted by atomic mass is 32.1. The van der Waals surface area contributed by atoms with Gasteiger partial charge < -0.3 is 15.2 Å². The van der Waals surface area contributed by atoms with Gasteiger partial charge in [0, 0.05) is 26.2 Å². The maximum Gasteiger partial charge on any atom is 0.242 e. The van der Waals surface area contributed by atoms with E-state index in [0.29, 0.717) is 31.3 Å². The number of amides is 1. The largest absolute Gasteiger partial charge is 0.339 e. The van der Waals surface area contributed by atoms with Gasteiger partial charge in [-0.2, -0.15) is 4.98 Å². The van der Waals surface area contributed by atoms with Gasteiger partial charge in [-0.15, -0.1) is 11.3 Å². The maximum absolute atomic E-state index is 12.7. The molecule has 0 bridgehead atoms. The first-order chi connectivity index (χ1) is 12.1. The SMILES string of the molecule is NC1(C(=O)N2CCN(Cc3nc(-c4cccs4)no3)CC2)CCCC1. The number of carbonyl (C=O) groups excluding carboxylic acids is 1. The summed E-state index contributed by atoms with van der Waals surface area (Å²) in [4.78, 5) is 22.3. The number of hydrogen-bond acceptors (Lipinski definition) is 7. The molecule has 2 fully saturated rings. The van der Waals surface area contributed by atoms with Crippen molar-refractivity contribution in [1.82, 2.24) is 19.9 Å². The van der Waals surface area contributed by atoms with Gasteiger partial charge in [-0.3, -0.25) is 9.69 Å². The average Bonchev–Trinajstić information content (AvgIpc) is 3.36. The van der Waals surface area contributed by atoms with Crippen LogP contribution in [-0.4, -0.2) is 57.6 Å². The highest BCUT2D eigenvalue weighted by Crippen LogP contribution is 2.29. The number of hydrogen-bond donors (Lipinski definition) is 1. The van der Waals surface area contributed by atoms with E-state index in [1.807, 2.05) is 22.4 Å². The van der Waals surface area contributed by atoms with E-state index in [2.05, 4.69) is 15.0 Å². The Morgan fingerprint density at radius 3 is 2.72 bits per heavy atom. The molecule has 0 unspecified atom stereocenters. The second-order valence-corrected chi connectivity index (χ2v) is 7.87. The zero-order valence-electron chi connectivity index (χ0n) is 14.2. The molecule has 0 atom stereocenters. The number of nitrogens with two attached hydrogens (primary N) is 1. The molecule has 1 aliphatic heterocycles. The predicted octanol–water partition coefficient (Wildman–Crippen LogP) is 1.71. The summed E-state index contributed by atoms with van der Waals surface area (Å²) >= 11 is 1.60. The molecule has 3 heterocycles. The summed E-state index contributed by atoms with van der Waals surface area (Å²) in [5.74, 6) is 1.39. The van der Waals surface area contributed by atoms with Crippen molar-refractivity contribution < 1.29 is 9.32 Å². The molecule has 1 aliphatic carbocycles. The van der Waals surface area contributed by atoms with Crippen LogP contribution < -0.4 is 5.73 Å². The van der Waals surface area contributed by atoms with Gasteiger partial charge in [0.05, 0.1) is 17.0 Å². The third-order valence-corrected chi connectivity index (χ3v) is 6.02. The van der Waals surface area contributed by atoms with Gasteiger partial charge in [-0.1, -0.05) is 24.1 Å². The molecule has 7 nitrogen and oxygen atoms in total. The van der Waals surface area contributed by atoms with E-state index in [4.69, 9.17) is 10.3 Å². The summed E-state index contributed by atoms with van der Waals surface area (Å²) in [6.07, 6.45) is 3.76. The van der Waals surface area contributed by atoms with Gasteiger partial charge in [0.15, 0.2) is 0 Å². The fourth-order valence-electron chi connectivity index (χ4n) is 3.66. The molecular weight excluding hydrogens is 338 g/mol. The number of piperazine rings is 1. The van der Waals surface area contributed by atoms with Crippen molar-refractivity contribution in [3.63, 3.8) is 0 Å². The maximum atomic E-state index is 12.7. The van der Waals surface area contributed by atoms with E-state index >= 15 is 0 Å². The molecule has 2 aromatic rings. The molecule has 1 saturated carbocycles. The quantitative estimate of drug-likeness (QED) is 0.892. The summed E-state index contributed by atoms with van der Waals surface area (Å²) in [5, 5.41) is 6.04. The second kappa shape index (κ2) is 6.86. The van der Waals surface area contributed by atoms with Gasteiger partial charge in [0.1, 0.15) is 0 Å². The first-order valence-corrected chi connectivity index (χ1v) is 9.69. The lowest BCUT2D eigenvalue weighted by Gasteiger charge is -2.38. The van der Waals surface area contributed by atoms with Crippen molar-refractivity contribution in [1.29, 1.82) is 0 Å². The van der Waals surface area contributed by atoms with Gasteiger partial charge in [-0.25, -0.2) is 0 Å². The highest BCUT2D eigenvalue weighted by molar-refractivity contribution is 7.13. The summed E-state index contributed by atoms with van der Waals surface area (Å²) in [5.41, 5.74) is 5.68. The Bertz CT molecular complexity index is 715. The number of nitrogens with zero attached hydrogens (tertiary/aromatic N) is 4. The normalized spacial score (nSPS) is 20.9. The standard InChI is InChI=1S/C17H23N5O2S/c18-17(5-1-2-6-17)16(23)22-9-7-21(8-10-22)12-14-19-15(20-24-14)13-4-3-11-25-13/h3-4,11H,1-2,5-10,12,18H2. The molecule has 1 saturated heterocycles. The van der Waals surface area contributed by atoms with Crippen molar-refractivity contribution in [3.05, 3.63) is 23.4 Å². The number of aromatic nitrogens is 2. The first kappa shape index (κ1) is 16.7. The Morgan fingerprint density at radius 2 is 2.04 bits per heavy atom. The monoisotopic (exact) mass is 361 g/mol. The molecule has 0 aromatic carbocycles. The lowest BCUT2D eigenvalue weighted by Crippen LogP contribution is -2.58. The molecule has 2 aliphatic rings. The minimum atomic E-state index is -0.621. The zero-order chi connectivity index (χ0) is 17.3. The van der Waals surface area contributed by atoms with E-state index in [0.717, 1.165) is 43.6 Å². The molecule has 1 amide bonds. The smallest absolute Gasteiger partial charge is 0.242 e. The highest BCUT2D eigenvalue weighted by Gasteiger charge is 2.40. The van der Waals surface area contributed by atoms with E-state index in [1.165, 1.54) is 0 Å². The average molecular weight is 361 g/mol. The summed E-state index contributed by atoms with van der Waals surface area (Å²) in [7, 11) is 0. The van der Waals surface area contributed by atoms with Crippen molar-refractivity contribution >= 4 is 17.2 Å². The topological polar surface area (TPSA) is 88.5 Å². The van der Waals surface area contributed by atoms with E-state index in [-0.39, 0.29) is 5.91 Å². The Hall–Kier alpha value is -1.77. The minimum Gasteiger partial charge on any atom is -0.339 e. The number of carbonyl (C=O) groups is 1. The molecule has 25 heavy (non-hydrogen) atoms. The number of rotatable bonds is 4. The lowest BCUT2D eigenvalue weighted by atomic mass is 9.97. The first-order valence-electron chi connectivity index (χ1n) is 8.81. The Balaban J connectivity index is 1.31. The van der Waals surface area contributed by atoms with Crippen LogP contribution in [-0.2, 0) is 11.3 Å². The number of thiophene rings is 1. The fourth-order valence-corrected chi connectivity index (χ4v) is 4.31. The third-order valence-electron chi connectivity index (χ3n) is 5.15. The zero-order valence-corrected chi connectivity index (χ0v) is 15.0. The molecule has 0 spiro atoms. The molecule has 2 N–H and O–H groups in total. The van der Waals surface area contributed by atoms with Crippen LogP contribution in [0.25, 0.3) is 10.7 Å². The van der Waals surface area contributed by atoms with Crippen LogP contribution in [0.5, 0.6) is 0 Å². The van der Waals surface area contributed by atoms with E-state index in [1.54, 1.807) is 11.3 Å². The van der Waals surface area contributed by atoms with Crippen LogP contribution >= 0.6 is 11.3 Å². The van der Waals surface area contributed by atoms with Gasteiger partial charge in [0.2, 0.25) is 17.6 Å². The second-order valence-electron chi connectivity index (χ2n) is 6.92. The molecule has 8 heteroatoms. The van der Waals surface area contributed by atoms with Crippen molar-refractivity contribution in [2.75, 3.05) is 26.2 Å². The Morgan fingerprint density at radius 1 is 1.28 bits per heavy atom. The lowest BCUT2D eigenvalue weighted by molar-refractivity contribution is -0.138. The van der Waals surface area contributed by atoms with Crippen LogP contribution in [0.4, 0.5) is 0 Å². The molecule has 2 aromatic heterocycles. The molecule has 4 rings (SSSR count). The van der Waals surface area contributed by atoms with Crippen LogP contribution in [0, 0.1) is 0 Å². The third kappa shape index (κ3) is 3.47. The van der Waals surface area contributed by atoms with E-state index < -0.39 is 5.54 Å².